The standard InChI is InChI=1S/C15H21NO4/c1-10-9-16(7-6-13(10)17)15(18)12-5-4-11(19-2)8-14(12)20-3/h4-5,8,10,13,17H,6-7,9H2,1-3H3. The van der Waals surface area contributed by atoms with Gasteiger partial charge in [-0.15, -0.1) is 0 Å². The second-order valence-corrected chi connectivity index (χ2v) is 5.15. The molecule has 1 aliphatic rings. The summed E-state index contributed by atoms with van der Waals surface area (Å²) in [4.78, 5) is 14.3. The van der Waals surface area contributed by atoms with Crippen molar-refractivity contribution < 1.29 is 19.4 Å². The predicted octanol–water partition coefficient (Wildman–Crippen LogP) is 1.55. The molecule has 0 saturated carbocycles. The molecule has 5 nitrogen and oxygen atoms in total. The van der Waals surface area contributed by atoms with Gasteiger partial charge in [0, 0.05) is 19.2 Å². The zero-order valence-corrected chi connectivity index (χ0v) is 12.1. The molecule has 2 unspecified atom stereocenters. The van der Waals surface area contributed by atoms with Crippen LogP contribution < -0.4 is 9.47 Å². The highest BCUT2D eigenvalue weighted by atomic mass is 16.5. The van der Waals surface area contributed by atoms with Crippen molar-refractivity contribution in [1.29, 1.82) is 0 Å². The SMILES string of the molecule is COc1ccc(C(=O)N2CCC(O)C(C)C2)c(OC)c1. The van der Waals surface area contributed by atoms with Crippen LogP contribution in [-0.2, 0) is 0 Å². The average Bonchev–Trinajstić information content (AvgIpc) is 2.48. The Bertz CT molecular complexity index is 489. The van der Waals surface area contributed by atoms with Crippen molar-refractivity contribution in [3.05, 3.63) is 23.8 Å². The molecule has 0 radical (unpaired) electrons. The maximum atomic E-state index is 12.6. The molecule has 1 fully saturated rings. The van der Waals surface area contributed by atoms with Gasteiger partial charge in [-0.3, -0.25) is 4.79 Å². The third-order valence-corrected chi connectivity index (χ3v) is 3.79. The fourth-order valence-electron chi connectivity index (χ4n) is 2.46. The third kappa shape index (κ3) is 2.88. The molecule has 20 heavy (non-hydrogen) atoms. The zero-order valence-electron chi connectivity index (χ0n) is 12.1. The van der Waals surface area contributed by atoms with E-state index >= 15 is 0 Å². The summed E-state index contributed by atoms with van der Waals surface area (Å²) < 4.78 is 10.4. The van der Waals surface area contributed by atoms with E-state index < -0.39 is 0 Å². The van der Waals surface area contributed by atoms with Crippen molar-refractivity contribution in [1.82, 2.24) is 4.90 Å². The molecule has 5 heteroatoms. The van der Waals surface area contributed by atoms with Gasteiger partial charge in [0.15, 0.2) is 0 Å². The van der Waals surface area contributed by atoms with Crippen molar-refractivity contribution in [2.45, 2.75) is 19.4 Å². The number of carbonyl (C=O) groups is 1. The molecule has 1 N–H and O–H groups in total. The third-order valence-electron chi connectivity index (χ3n) is 3.79. The van der Waals surface area contributed by atoms with E-state index in [1.807, 2.05) is 6.92 Å². The number of carbonyl (C=O) groups excluding carboxylic acids is 1. The normalized spacial score (nSPS) is 22.5. The van der Waals surface area contributed by atoms with Crippen molar-refractivity contribution in [2.24, 2.45) is 5.92 Å². The van der Waals surface area contributed by atoms with Gasteiger partial charge in [-0.05, 0) is 24.5 Å². The first kappa shape index (κ1) is 14.7. The summed E-state index contributed by atoms with van der Waals surface area (Å²) in [5.74, 6) is 1.19. The highest BCUT2D eigenvalue weighted by molar-refractivity contribution is 5.97. The maximum Gasteiger partial charge on any atom is 0.257 e. The lowest BCUT2D eigenvalue weighted by atomic mass is 9.96. The summed E-state index contributed by atoms with van der Waals surface area (Å²) in [6.07, 6.45) is 0.294. The Morgan fingerprint density at radius 3 is 2.70 bits per heavy atom. The predicted molar refractivity (Wildman–Crippen MR) is 75.2 cm³/mol. The van der Waals surface area contributed by atoms with Crippen molar-refractivity contribution in [3.63, 3.8) is 0 Å². The molecule has 1 heterocycles. The Morgan fingerprint density at radius 2 is 2.10 bits per heavy atom. The highest BCUT2D eigenvalue weighted by Gasteiger charge is 2.29. The van der Waals surface area contributed by atoms with E-state index in [4.69, 9.17) is 9.47 Å². The van der Waals surface area contributed by atoms with Crippen LogP contribution in [0.3, 0.4) is 0 Å². The van der Waals surface area contributed by atoms with Crippen molar-refractivity contribution in [3.8, 4) is 11.5 Å². The molecule has 110 valence electrons. The number of methoxy groups -OCH3 is 2. The molecular formula is C15H21NO4. The van der Waals surface area contributed by atoms with Gasteiger partial charge in [0.25, 0.3) is 5.91 Å². The number of rotatable bonds is 3. The van der Waals surface area contributed by atoms with Gasteiger partial charge in [0.2, 0.25) is 0 Å². The number of piperidine rings is 1. The largest absolute Gasteiger partial charge is 0.497 e. The second-order valence-electron chi connectivity index (χ2n) is 5.15. The van der Waals surface area contributed by atoms with Crippen LogP contribution in [-0.4, -0.2) is 49.3 Å². The van der Waals surface area contributed by atoms with E-state index in [1.54, 1.807) is 30.2 Å². The van der Waals surface area contributed by atoms with Gasteiger partial charge in [-0.25, -0.2) is 0 Å². The van der Waals surface area contributed by atoms with Crippen LogP contribution in [0, 0.1) is 5.92 Å². The fourth-order valence-corrected chi connectivity index (χ4v) is 2.46. The number of likely N-dealkylation sites (tertiary alicyclic amines) is 1. The van der Waals surface area contributed by atoms with E-state index in [2.05, 4.69) is 0 Å². The van der Waals surface area contributed by atoms with E-state index in [-0.39, 0.29) is 17.9 Å². The molecule has 0 aromatic heterocycles. The highest BCUT2D eigenvalue weighted by Crippen LogP contribution is 2.27. The van der Waals surface area contributed by atoms with Crippen molar-refractivity contribution >= 4 is 5.91 Å². The molecule has 2 rings (SSSR count). The van der Waals surface area contributed by atoms with Crippen LogP contribution >= 0.6 is 0 Å². The number of amides is 1. The lowest BCUT2D eigenvalue weighted by Gasteiger charge is -2.34. The monoisotopic (exact) mass is 279 g/mol. The Morgan fingerprint density at radius 1 is 1.35 bits per heavy atom. The topological polar surface area (TPSA) is 59.0 Å². The fraction of sp³-hybridized carbons (Fsp3) is 0.533. The number of ether oxygens (including phenoxy) is 2. The number of nitrogens with zero attached hydrogens (tertiary/aromatic N) is 1. The van der Waals surface area contributed by atoms with Gasteiger partial charge in [-0.2, -0.15) is 0 Å². The van der Waals surface area contributed by atoms with Crippen LogP contribution in [0.25, 0.3) is 0 Å². The summed E-state index contributed by atoms with van der Waals surface area (Å²) >= 11 is 0. The molecule has 1 saturated heterocycles. The van der Waals surface area contributed by atoms with Crippen LogP contribution in [0.15, 0.2) is 18.2 Å². The van der Waals surface area contributed by atoms with E-state index in [0.717, 1.165) is 0 Å². The molecule has 2 atom stereocenters. The van der Waals surface area contributed by atoms with Gasteiger partial charge in [0.05, 0.1) is 25.9 Å². The molecule has 1 aliphatic heterocycles. The minimum Gasteiger partial charge on any atom is -0.497 e. The summed E-state index contributed by atoms with van der Waals surface area (Å²) in [5.41, 5.74) is 0.525. The average molecular weight is 279 g/mol. The zero-order chi connectivity index (χ0) is 14.7. The molecule has 1 aromatic carbocycles. The number of hydrogen-bond acceptors (Lipinski definition) is 4. The Labute approximate surface area is 119 Å². The molecular weight excluding hydrogens is 258 g/mol. The molecule has 0 aliphatic carbocycles. The van der Waals surface area contributed by atoms with E-state index in [0.29, 0.717) is 36.6 Å². The number of hydrogen-bond donors (Lipinski definition) is 1. The van der Waals surface area contributed by atoms with Gasteiger partial charge in [-0.1, -0.05) is 6.92 Å². The summed E-state index contributed by atoms with van der Waals surface area (Å²) in [5, 5.41) is 9.74. The van der Waals surface area contributed by atoms with Gasteiger partial charge in [0.1, 0.15) is 11.5 Å². The summed E-state index contributed by atoms with van der Waals surface area (Å²) in [6.45, 7) is 3.09. The number of benzene rings is 1. The Balaban J connectivity index is 2.20. The van der Waals surface area contributed by atoms with Crippen LogP contribution in [0.2, 0.25) is 0 Å². The maximum absolute atomic E-state index is 12.6. The van der Waals surface area contributed by atoms with Gasteiger partial charge < -0.3 is 19.5 Å². The Kier molecular flexibility index (Phi) is 4.49. The minimum absolute atomic E-state index is 0.0664. The van der Waals surface area contributed by atoms with Crippen LogP contribution in [0.1, 0.15) is 23.7 Å². The lowest BCUT2D eigenvalue weighted by Crippen LogP contribution is -2.45. The summed E-state index contributed by atoms with van der Waals surface area (Å²) in [6, 6.07) is 5.17. The lowest BCUT2D eigenvalue weighted by molar-refractivity contribution is 0.0296. The molecule has 1 amide bonds. The molecule has 0 spiro atoms. The van der Waals surface area contributed by atoms with E-state index in [9.17, 15) is 9.90 Å². The Hall–Kier alpha value is -1.75. The first-order chi connectivity index (χ1) is 9.56. The minimum atomic E-state index is -0.322. The smallest absolute Gasteiger partial charge is 0.257 e. The first-order valence-corrected chi connectivity index (χ1v) is 6.76. The first-order valence-electron chi connectivity index (χ1n) is 6.76. The van der Waals surface area contributed by atoms with Gasteiger partial charge >= 0.3 is 0 Å². The van der Waals surface area contributed by atoms with Crippen LogP contribution in [0.4, 0.5) is 0 Å². The van der Waals surface area contributed by atoms with Crippen LogP contribution in [0.5, 0.6) is 11.5 Å². The number of aliphatic hydroxyl groups excluding tert-OH is 1. The molecule has 0 bridgehead atoms. The quantitative estimate of drug-likeness (QED) is 0.912. The van der Waals surface area contributed by atoms with Crippen molar-refractivity contribution in [2.75, 3.05) is 27.3 Å². The molecule has 1 aromatic rings. The second kappa shape index (κ2) is 6.13. The van der Waals surface area contributed by atoms with E-state index in [1.165, 1.54) is 7.11 Å². The summed E-state index contributed by atoms with van der Waals surface area (Å²) in [7, 11) is 3.11. The number of aliphatic hydroxyl groups is 1.